The maximum Gasteiger partial charge on any atom is 0.132 e. The van der Waals surface area contributed by atoms with E-state index in [0.717, 1.165) is 37.8 Å². The summed E-state index contributed by atoms with van der Waals surface area (Å²) >= 11 is 0. The summed E-state index contributed by atoms with van der Waals surface area (Å²) in [5, 5.41) is 3.39. The Morgan fingerprint density at radius 2 is 1.07 bits per heavy atom. The first-order valence-electron chi connectivity index (χ1n) is 13.0. The highest BCUT2D eigenvalue weighted by Gasteiger charge is 2.25. The number of piperidine rings is 1. The largest absolute Gasteiger partial charge is 0.317 e. The van der Waals surface area contributed by atoms with Crippen LogP contribution in [-0.4, -0.2) is 66.9 Å². The minimum absolute atomic E-state index is 0.464. The van der Waals surface area contributed by atoms with E-state index in [-0.39, 0.29) is 0 Å². The summed E-state index contributed by atoms with van der Waals surface area (Å²) in [6.07, 6.45) is 18.3. The molecule has 5 fully saturated rings. The van der Waals surface area contributed by atoms with Gasteiger partial charge in [-0.2, -0.15) is 0 Å². The van der Waals surface area contributed by atoms with Gasteiger partial charge in [0.2, 0.25) is 0 Å². The molecule has 3 saturated heterocycles. The first kappa shape index (κ1) is 24.8. The van der Waals surface area contributed by atoms with Gasteiger partial charge in [0, 0.05) is 24.9 Å². The first-order chi connectivity index (χ1) is 14.3. The van der Waals surface area contributed by atoms with Crippen LogP contribution < -0.4 is 5.32 Å². The number of rotatable bonds is 2. The maximum atomic E-state index is 10.5. The number of ketones is 1. The van der Waals surface area contributed by atoms with Crippen molar-refractivity contribution in [2.45, 2.75) is 116 Å². The fourth-order valence-corrected chi connectivity index (χ4v) is 4.98. The highest BCUT2D eigenvalue weighted by molar-refractivity contribution is 5.78. The molecule has 0 aromatic rings. The molecular formula is C25H49N3O. The molecule has 2 saturated carbocycles. The van der Waals surface area contributed by atoms with Crippen molar-refractivity contribution in [3.8, 4) is 0 Å². The first-order valence-corrected chi connectivity index (χ1v) is 13.0. The van der Waals surface area contributed by atoms with Crippen LogP contribution in [0.5, 0.6) is 0 Å². The predicted molar refractivity (Wildman–Crippen MR) is 125 cm³/mol. The van der Waals surface area contributed by atoms with E-state index in [1.54, 1.807) is 0 Å². The molecular weight excluding hydrogens is 358 g/mol. The van der Waals surface area contributed by atoms with Gasteiger partial charge in [-0.05, 0) is 90.6 Å². The monoisotopic (exact) mass is 407 g/mol. The van der Waals surface area contributed by atoms with Gasteiger partial charge in [0.25, 0.3) is 0 Å². The van der Waals surface area contributed by atoms with Crippen molar-refractivity contribution in [2.24, 2.45) is 0 Å². The lowest BCUT2D eigenvalue weighted by Crippen LogP contribution is -2.49. The molecule has 1 N–H and O–H groups in total. The van der Waals surface area contributed by atoms with Crippen LogP contribution in [0.4, 0.5) is 0 Å². The number of hydrogen-bond acceptors (Lipinski definition) is 4. The number of nitrogens with one attached hydrogen (secondary N) is 1. The zero-order chi connectivity index (χ0) is 20.7. The van der Waals surface area contributed by atoms with Crippen molar-refractivity contribution in [3.63, 3.8) is 0 Å². The molecule has 4 nitrogen and oxygen atoms in total. The maximum absolute atomic E-state index is 10.5. The molecule has 0 atom stereocenters. The Balaban J connectivity index is 0.000000151. The molecule has 4 heteroatoms. The fourth-order valence-electron chi connectivity index (χ4n) is 4.98. The number of likely N-dealkylation sites (tertiary alicyclic amines) is 2. The van der Waals surface area contributed by atoms with Crippen molar-refractivity contribution < 1.29 is 4.79 Å². The van der Waals surface area contributed by atoms with Crippen molar-refractivity contribution in [2.75, 3.05) is 39.3 Å². The topological polar surface area (TPSA) is 35.6 Å². The molecule has 0 unspecified atom stereocenters. The van der Waals surface area contributed by atoms with Gasteiger partial charge in [0.1, 0.15) is 5.78 Å². The second-order valence-corrected chi connectivity index (χ2v) is 9.15. The molecule has 0 spiro atoms. The van der Waals surface area contributed by atoms with E-state index >= 15 is 0 Å². The smallest absolute Gasteiger partial charge is 0.132 e. The van der Waals surface area contributed by atoms with Crippen LogP contribution in [0.1, 0.15) is 104 Å². The quantitative estimate of drug-likeness (QED) is 0.697. The van der Waals surface area contributed by atoms with Crippen LogP contribution in [0, 0.1) is 0 Å². The van der Waals surface area contributed by atoms with Crippen molar-refractivity contribution in [3.05, 3.63) is 0 Å². The Labute approximate surface area is 181 Å². The van der Waals surface area contributed by atoms with Gasteiger partial charge >= 0.3 is 0 Å². The summed E-state index contributed by atoms with van der Waals surface area (Å²) < 4.78 is 0. The number of Topliss-reactive ketones (excluding diaryl/α,β-unsaturated/α-hetero) is 1. The lowest BCUT2D eigenvalue weighted by molar-refractivity contribution is -0.120. The molecule has 5 aliphatic rings. The Morgan fingerprint density at radius 1 is 0.621 bits per heavy atom. The van der Waals surface area contributed by atoms with E-state index < -0.39 is 0 Å². The second kappa shape index (κ2) is 15.4. The van der Waals surface area contributed by atoms with E-state index in [2.05, 4.69) is 15.1 Å². The number of carbonyl (C=O) groups is 1. The van der Waals surface area contributed by atoms with Crippen molar-refractivity contribution in [1.29, 1.82) is 0 Å². The van der Waals surface area contributed by atoms with Gasteiger partial charge < -0.3 is 15.1 Å². The number of hydrogen-bond donors (Lipinski definition) is 1. The van der Waals surface area contributed by atoms with Gasteiger partial charge in [0.05, 0.1) is 0 Å². The summed E-state index contributed by atoms with van der Waals surface area (Å²) in [4.78, 5) is 15.8. The summed E-state index contributed by atoms with van der Waals surface area (Å²) in [5.41, 5.74) is 0. The zero-order valence-electron chi connectivity index (χ0n) is 19.6. The standard InChI is InChI=1S/C9H17N.C8H16N2.C6H10O.C2H6/c1-2-5-9(6-3-1)10-7-4-8-10;1-6-10(7-1)8-2-4-9-5-3-8;7-6-4-2-1-3-5-6;1-2/h9H,1-8H2;8-9H,1-7H2;1-5H2;1-2H3. The van der Waals surface area contributed by atoms with Gasteiger partial charge in [-0.15, -0.1) is 0 Å². The average Bonchev–Trinajstić information content (AvgIpc) is 2.70. The van der Waals surface area contributed by atoms with E-state index in [1.807, 2.05) is 13.8 Å². The normalized spacial score (nSPS) is 26.3. The van der Waals surface area contributed by atoms with E-state index in [4.69, 9.17) is 0 Å². The summed E-state index contributed by atoms with van der Waals surface area (Å²) in [6.45, 7) is 12.0. The second-order valence-electron chi connectivity index (χ2n) is 9.15. The Hall–Kier alpha value is -0.450. The third-order valence-corrected chi connectivity index (χ3v) is 7.11. The molecule has 0 aromatic heterocycles. The lowest BCUT2D eigenvalue weighted by atomic mass is 9.92. The van der Waals surface area contributed by atoms with Crippen LogP contribution in [0.2, 0.25) is 0 Å². The molecule has 5 rings (SSSR count). The van der Waals surface area contributed by atoms with Crippen LogP contribution in [-0.2, 0) is 4.79 Å². The van der Waals surface area contributed by atoms with Gasteiger partial charge in [0.15, 0.2) is 0 Å². The Kier molecular flexibility index (Phi) is 13.1. The SMILES string of the molecule is C1CCC(N2CCC2)CC1.C1CN(C2CCNCC2)C1.CC.O=C1CCCCC1. The molecule has 0 amide bonds. The van der Waals surface area contributed by atoms with Gasteiger partial charge in [-0.3, -0.25) is 4.79 Å². The molecule has 2 aliphatic carbocycles. The van der Waals surface area contributed by atoms with Crippen molar-refractivity contribution >= 4 is 5.78 Å². The molecule has 29 heavy (non-hydrogen) atoms. The molecule has 170 valence electrons. The summed E-state index contributed by atoms with van der Waals surface area (Å²) in [5.74, 6) is 0.464. The minimum atomic E-state index is 0.464. The Bertz CT molecular complexity index is 372. The average molecular weight is 408 g/mol. The number of nitrogens with zero attached hydrogens (tertiary/aromatic N) is 2. The van der Waals surface area contributed by atoms with Crippen LogP contribution in [0.15, 0.2) is 0 Å². The van der Waals surface area contributed by atoms with E-state index in [1.165, 1.54) is 103 Å². The van der Waals surface area contributed by atoms with Crippen LogP contribution in [0.25, 0.3) is 0 Å². The minimum Gasteiger partial charge on any atom is -0.317 e. The number of carbonyl (C=O) groups excluding carboxylic acids is 1. The predicted octanol–water partition coefficient (Wildman–Crippen LogP) is 5.01. The highest BCUT2D eigenvalue weighted by atomic mass is 16.1. The molecule has 3 heterocycles. The third-order valence-electron chi connectivity index (χ3n) is 7.11. The van der Waals surface area contributed by atoms with Gasteiger partial charge in [-0.1, -0.05) is 39.5 Å². The molecule has 0 aromatic carbocycles. The van der Waals surface area contributed by atoms with Crippen LogP contribution in [0.3, 0.4) is 0 Å². The van der Waals surface area contributed by atoms with Gasteiger partial charge in [-0.25, -0.2) is 0 Å². The van der Waals surface area contributed by atoms with Crippen LogP contribution >= 0.6 is 0 Å². The zero-order valence-corrected chi connectivity index (χ0v) is 19.6. The lowest BCUT2D eigenvalue weighted by Gasteiger charge is -2.40. The summed E-state index contributed by atoms with van der Waals surface area (Å²) in [6, 6.07) is 1.91. The van der Waals surface area contributed by atoms with E-state index in [9.17, 15) is 4.79 Å². The molecule has 3 aliphatic heterocycles. The van der Waals surface area contributed by atoms with E-state index in [0.29, 0.717) is 5.78 Å². The Morgan fingerprint density at radius 3 is 1.45 bits per heavy atom. The fraction of sp³-hybridized carbons (Fsp3) is 0.960. The third kappa shape index (κ3) is 9.48. The highest BCUT2D eigenvalue weighted by Crippen LogP contribution is 2.25. The molecule has 0 bridgehead atoms. The molecule has 0 radical (unpaired) electrons. The summed E-state index contributed by atoms with van der Waals surface area (Å²) in [7, 11) is 0. The van der Waals surface area contributed by atoms with Crippen molar-refractivity contribution in [1.82, 2.24) is 15.1 Å².